The van der Waals surface area contributed by atoms with Gasteiger partial charge in [-0.25, -0.2) is 9.97 Å². The Kier molecular flexibility index (Phi) is 2.73. The molecule has 1 aliphatic heterocycles. The van der Waals surface area contributed by atoms with Crippen molar-refractivity contribution >= 4 is 11.6 Å². The van der Waals surface area contributed by atoms with Crippen LogP contribution in [0.5, 0.6) is 0 Å². The van der Waals surface area contributed by atoms with Crippen molar-refractivity contribution in [3.05, 3.63) is 54.5 Å². The number of nitrogens with one attached hydrogen (secondary N) is 1. The van der Waals surface area contributed by atoms with Gasteiger partial charge in [0.05, 0.1) is 0 Å². The highest BCUT2D eigenvalue weighted by Crippen LogP contribution is 2.13. The number of hydrogen-bond donors (Lipinski definition) is 1. The van der Waals surface area contributed by atoms with Crippen LogP contribution in [-0.4, -0.2) is 30.9 Å². The minimum Gasteiger partial charge on any atom is -0.346 e. The van der Waals surface area contributed by atoms with E-state index in [9.17, 15) is 4.79 Å². The predicted molar refractivity (Wildman–Crippen MR) is 77.0 cm³/mol. The van der Waals surface area contributed by atoms with Crippen LogP contribution in [0.1, 0.15) is 22.7 Å². The molecule has 4 heterocycles. The summed E-state index contributed by atoms with van der Waals surface area (Å²) in [6, 6.07) is 5.84. The van der Waals surface area contributed by atoms with Gasteiger partial charge in [0.25, 0.3) is 5.91 Å². The van der Waals surface area contributed by atoms with Gasteiger partial charge in [-0.05, 0) is 18.6 Å². The fraction of sp³-hybridized carbons (Fsp3) is 0.267. The Hall–Kier alpha value is -2.63. The van der Waals surface area contributed by atoms with Crippen LogP contribution < -0.4 is 5.32 Å². The number of carbonyl (C=O) groups excluding carboxylic acids is 1. The number of hydrogen-bond acceptors (Lipinski definition) is 3. The molecule has 0 bridgehead atoms. The normalized spacial score (nSPS) is 17.6. The summed E-state index contributed by atoms with van der Waals surface area (Å²) in [4.78, 5) is 21.0. The van der Waals surface area contributed by atoms with Crippen LogP contribution in [0.3, 0.4) is 0 Å². The first-order chi connectivity index (χ1) is 10.3. The molecule has 3 aromatic rings. The molecule has 6 nitrogen and oxygen atoms in total. The van der Waals surface area contributed by atoms with Gasteiger partial charge in [-0.3, -0.25) is 4.79 Å². The van der Waals surface area contributed by atoms with Gasteiger partial charge in [0, 0.05) is 43.8 Å². The van der Waals surface area contributed by atoms with E-state index in [1.807, 2.05) is 41.2 Å². The quantitative estimate of drug-likeness (QED) is 0.769. The molecule has 3 aromatic heterocycles. The van der Waals surface area contributed by atoms with Crippen LogP contribution in [0.25, 0.3) is 5.65 Å². The van der Waals surface area contributed by atoms with E-state index in [0.29, 0.717) is 5.69 Å². The van der Waals surface area contributed by atoms with Gasteiger partial charge in [-0.2, -0.15) is 0 Å². The van der Waals surface area contributed by atoms with E-state index in [1.54, 1.807) is 6.20 Å². The zero-order chi connectivity index (χ0) is 14.2. The third-order valence-electron chi connectivity index (χ3n) is 3.87. The lowest BCUT2D eigenvalue weighted by molar-refractivity contribution is 0.0923. The smallest absolute Gasteiger partial charge is 0.271 e. The molecule has 0 spiro atoms. The molecule has 1 N–H and O–H groups in total. The highest BCUT2D eigenvalue weighted by molar-refractivity contribution is 5.93. The molecular formula is C15H15N5O. The fourth-order valence-electron chi connectivity index (χ4n) is 2.79. The monoisotopic (exact) mass is 281 g/mol. The van der Waals surface area contributed by atoms with E-state index in [1.165, 1.54) is 0 Å². The number of fused-ring (bicyclic) bond motifs is 2. The first kappa shape index (κ1) is 12.1. The molecule has 6 heteroatoms. The number of carbonyl (C=O) groups is 1. The summed E-state index contributed by atoms with van der Waals surface area (Å²) in [7, 11) is 0. The SMILES string of the molecule is O=C(N[C@@H]1CCc2nccn2C1)c1cn2ccccc2n1. The number of nitrogens with zero attached hydrogens (tertiary/aromatic N) is 4. The van der Waals surface area contributed by atoms with Crippen molar-refractivity contribution in [2.45, 2.75) is 25.4 Å². The maximum Gasteiger partial charge on any atom is 0.271 e. The zero-order valence-corrected chi connectivity index (χ0v) is 11.4. The molecule has 0 fully saturated rings. The van der Waals surface area contributed by atoms with Gasteiger partial charge in [0.2, 0.25) is 0 Å². The molecule has 1 amide bonds. The minimum atomic E-state index is -0.118. The van der Waals surface area contributed by atoms with E-state index in [-0.39, 0.29) is 11.9 Å². The third-order valence-corrected chi connectivity index (χ3v) is 3.87. The van der Waals surface area contributed by atoms with Crippen molar-refractivity contribution in [2.24, 2.45) is 0 Å². The number of amides is 1. The number of imidazole rings is 2. The van der Waals surface area contributed by atoms with Gasteiger partial charge >= 0.3 is 0 Å². The Balaban J connectivity index is 1.51. The van der Waals surface area contributed by atoms with Gasteiger partial charge in [-0.15, -0.1) is 0 Å². The van der Waals surface area contributed by atoms with Gasteiger partial charge in [-0.1, -0.05) is 6.07 Å². The average Bonchev–Trinajstić information content (AvgIpc) is 3.13. The summed E-state index contributed by atoms with van der Waals surface area (Å²) >= 11 is 0. The molecule has 0 saturated heterocycles. The topological polar surface area (TPSA) is 64.2 Å². The van der Waals surface area contributed by atoms with Crippen molar-refractivity contribution in [1.82, 2.24) is 24.3 Å². The first-order valence-electron chi connectivity index (χ1n) is 7.04. The minimum absolute atomic E-state index is 0.118. The molecular weight excluding hydrogens is 266 g/mol. The molecule has 4 rings (SSSR count). The summed E-state index contributed by atoms with van der Waals surface area (Å²) in [5.74, 6) is 0.973. The van der Waals surface area contributed by atoms with E-state index >= 15 is 0 Å². The van der Waals surface area contributed by atoms with Crippen molar-refractivity contribution in [3.8, 4) is 0 Å². The van der Waals surface area contributed by atoms with Crippen molar-refractivity contribution < 1.29 is 4.79 Å². The lowest BCUT2D eigenvalue weighted by atomic mass is 10.1. The van der Waals surface area contributed by atoms with Crippen LogP contribution >= 0.6 is 0 Å². The largest absolute Gasteiger partial charge is 0.346 e. The maximum atomic E-state index is 12.3. The Morgan fingerprint density at radius 2 is 2.29 bits per heavy atom. The molecule has 106 valence electrons. The Morgan fingerprint density at radius 3 is 3.19 bits per heavy atom. The maximum absolute atomic E-state index is 12.3. The summed E-state index contributed by atoms with van der Waals surface area (Å²) in [6.45, 7) is 0.772. The highest BCUT2D eigenvalue weighted by atomic mass is 16.2. The molecule has 21 heavy (non-hydrogen) atoms. The second-order valence-electron chi connectivity index (χ2n) is 5.30. The summed E-state index contributed by atoms with van der Waals surface area (Å²) in [5.41, 5.74) is 1.24. The van der Waals surface area contributed by atoms with Crippen LogP contribution in [0, 0.1) is 0 Å². The number of aromatic nitrogens is 4. The van der Waals surface area contributed by atoms with Crippen LogP contribution in [0.4, 0.5) is 0 Å². The van der Waals surface area contributed by atoms with Crippen molar-refractivity contribution in [3.63, 3.8) is 0 Å². The molecule has 0 aliphatic carbocycles. The summed E-state index contributed by atoms with van der Waals surface area (Å²) < 4.78 is 3.95. The van der Waals surface area contributed by atoms with Gasteiger partial charge in [0.15, 0.2) is 0 Å². The van der Waals surface area contributed by atoms with E-state index in [2.05, 4.69) is 19.9 Å². The third kappa shape index (κ3) is 2.18. The highest BCUT2D eigenvalue weighted by Gasteiger charge is 2.21. The Labute approximate surface area is 121 Å². The average molecular weight is 281 g/mol. The van der Waals surface area contributed by atoms with Crippen molar-refractivity contribution in [2.75, 3.05) is 0 Å². The summed E-state index contributed by atoms with van der Waals surface area (Å²) in [6.07, 6.45) is 9.22. The Bertz CT molecular complexity index is 770. The van der Waals surface area contributed by atoms with Crippen LogP contribution in [0.15, 0.2) is 43.0 Å². The molecule has 0 saturated carbocycles. The predicted octanol–water partition coefficient (Wildman–Crippen LogP) is 1.28. The van der Waals surface area contributed by atoms with Crippen LogP contribution in [0.2, 0.25) is 0 Å². The summed E-state index contributed by atoms with van der Waals surface area (Å²) in [5, 5.41) is 3.06. The molecule has 0 aromatic carbocycles. The Morgan fingerprint density at radius 1 is 1.33 bits per heavy atom. The van der Waals surface area contributed by atoms with E-state index in [4.69, 9.17) is 0 Å². The molecule has 0 radical (unpaired) electrons. The zero-order valence-electron chi connectivity index (χ0n) is 11.4. The molecule has 1 aliphatic rings. The second kappa shape index (κ2) is 4.73. The molecule has 1 atom stereocenters. The molecule has 0 unspecified atom stereocenters. The number of rotatable bonds is 2. The number of pyridine rings is 1. The van der Waals surface area contributed by atoms with Crippen LogP contribution in [-0.2, 0) is 13.0 Å². The van der Waals surface area contributed by atoms with Gasteiger partial charge < -0.3 is 14.3 Å². The lowest BCUT2D eigenvalue weighted by Gasteiger charge is -2.24. The number of aryl methyl sites for hydroxylation is 1. The van der Waals surface area contributed by atoms with E-state index in [0.717, 1.165) is 30.9 Å². The lowest BCUT2D eigenvalue weighted by Crippen LogP contribution is -2.41. The fourth-order valence-corrected chi connectivity index (χ4v) is 2.79. The first-order valence-corrected chi connectivity index (χ1v) is 7.04. The second-order valence-corrected chi connectivity index (χ2v) is 5.30. The van der Waals surface area contributed by atoms with E-state index < -0.39 is 0 Å². The van der Waals surface area contributed by atoms with Crippen molar-refractivity contribution in [1.29, 1.82) is 0 Å². The van der Waals surface area contributed by atoms with Gasteiger partial charge in [0.1, 0.15) is 17.2 Å². The standard InChI is InChI=1S/C15H15N5O/c21-15(12-10-19-7-2-1-3-14(19)18-12)17-11-4-5-13-16-6-8-20(13)9-11/h1-3,6-8,10-11H,4-5,9H2,(H,17,21)/t11-/m1/s1.